The molecule has 2 heterocycles. The fraction of sp³-hybridized carbons (Fsp3) is 0.308. The standard InChI is InChI=1S/C26H28F4N4/c1-6-8-18-13-20(23-12-10-19(14-32-23)26(28,29)30)25(31-5)34(7-2)24(18)33-15-21-17(4)16(3)9-11-22(21)27/h7,9-14,33H,2,6,8,15H2,1,3-5H3/b31-25-. The van der Waals surface area contributed by atoms with E-state index in [1.165, 1.54) is 12.1 Å². The largest absolute Gasteiger partial charge is 0.417 e. The third-order valence-electron chi connectivity index (χ3n) is 5.86. The van der Waals surface area contributed by atoms with Crippen molar-refractivity contribution in [2.45, 2.75) is 46.3 Å². The van der Waals surface area contributed by atoms with Crippen LogP contribution in [0.2, 0.25) is 0 Å². The lowest BCUT2D eigenvalue weighted by Gasteiger charge is -2.21. The molecule has 1 aromatic carbocycles. The van der Waals surface area contributed by atoms with Crippen LogP contribution in [0.15, 0.2) is 48.1 Å². The van der Waals surface area contributed by atoms with Gasteiger partial charge in [-0.05, 0) is 61.2 Å². The summed E-state index contributed by atoms with van der Waals surface area (Å²) in [4.78, 5) is 8.43. The van der Waals surface area contributed by atoms with Gasteiger partial charge >= 0.3 is 6.18 Å². The van der Waals surface area contributed by atoms with Gasteiger partial charge in [-0.15, -0.1) is 0 Å². The third-order valence-corrected chi connectivity index (χ3v) is 5.86. The minimum atomic E-state index is -4.46. The lowest BCUT2D eigenvalue weighted by atomic mass is 10.0. The van der Waals surface area contributed by atoms with Crippen molar-refractivity contribution in [3.63, 3.8) is 0 Å². The first-order valence-corrected chi connectivity index (χ1v) is 11.0. The first kappa shape index (κ1) is 25.2. The van der Waals surface area contributed by atoms with E-state index in [4.69, 9.17) is 0 Å². The molecule has 180 valence electrons. The maximum absolute atomic E-state index is 14.5. The average molecular weight is 473 g/mol. The molecule has 4 nitrogen and oxygen atoms in total. The monoisotopic (exact) mass is 472 g/mol. The van der Waals surface area contributed by atoms with Gasteiger partial charge in [0.25, 0.3) is 0 Å². The van der Waals surface area contributed by atoms with Crippen LogP contribution in [-0.2, 0) is 19.1 Å². The highest BCUT2D eigenvalue weighted by Gasteiger charge is 2.30. The first-order valence-electron chi connectivity index (χ1n) is 11.0. The molecule has 0 spiro atoms. The second-order valence-corrected chi connectivity index (χ2v) is 8.03. The predicted octanol–water partition coefficient (Wildman–Crippen LogP) is 6.52. The molecular formula is C26H28F4N4. The van der Waals surface area contributed by atoms with E-state index in [1.807, 2.05) is 26.8 Å². The molecule has 0 radical (unpaired) electrons. The Morgan fingerprint density at radius 2 is 1.91 bits per heavy atom. The van der Waals surface area contributed by atoms with E-state index in [-0.39, 0.29) is 12.4 Å². The summed E-state index contributed by atoms with van der Waals surface area (Å²) < 4.78 is 55.3. The molecule has 3 rings (SSSR count). The summed E-state index contributed by atoms with van der Waals surface area (Å²) in [6.07, 6.45) is -0.553. The minimum Gasteiger partial charge on any atom is -0.367 e. The van der Waals surface area contributed by atoms with Gasteiger partial charge in [0.1, 0.15) is 17.1 Å². The van der Waals surface area contributed by atoms with Gasteiger partial charge in [-0.25, -0.2) is 4.39 Å². The van der Waals surface area contributed by atoms with Gasteiger partial charge < -0.3 is 5.32 Å². The molecule has 0 fully saturated rings. The fourth-order valence-electron chi connectivity index (χ4n) is 3.90. The lowest BCUT2D eigenvalue weighted by molar-refractivity contribution is -0.137. The molecule has 0 bridgehead atoms. The number of aromatic nitrogens is 2. The van der Waals surface area contributed by atoms with Crippen molar-refractivity contribution in [1.29, 1.82) is 0 Å². The van der Waals surface area contributed by atoms with Crippen molar-refractivity contribution in [3.05, 3.63) is 82.2 Å². The van der Waals surface area contributed by atoms with E-state index in [9.17, 15) is 17.6 Å². The fourth-order valence-corrected chi connectivity index (χ4v) is 3.90. The predicted molar refractivity (Wildman–Crippen MR) is 128 cm³/mol. The molecule has 2 aromatic heterocycles. The van der Waals surface area contributed by atoms with Crippen molar-refractivity contribution >= 4 is 12.0 Å². The van der Waals surface area contributed by atoms with E-state index in [2.05, 4.69) is 21.9 Å². The molecule has 0 atom stereocenters. The number of nitrogens with zero attached hydrogens (tertiary/aromatic N) is 3. The van der Waals surface area contributed by atoms with Crippen LogP contribution in [0.3, 0.4) is 0 Å². The Hall–Kier alpha value is -3.42. The van der Waals surface area contributed by atoms with Gasteiger partial charge in [0.2, 0.25) is 0 Å². The van der Waals surface area contributed by atoms with Crippen LogP contribution in [0.5, 0.6) is 0 Å². The summed E-state index contributed by atoms with van der Waals surface area (Å²) in [6, 6.07) is 7.44. The maximum atomic E-state index is 14.5. The topological polar surface area (TPSA) is 42.2 Å². The zero-order chi connectivity index (χ0) is 25.0. The van der Waals surface area contributed by atoms with E-state index in [0.29, 0.717) is 34.5 Å². The van der Waals surface area contributed by atoms with Crippen LogP contribution in [-0.4, -0.2) is 16.6 Å². The lowest BCUT2D eigenvalue weighted by Crippen LogP contribution is -2.25. The number of hydrogen-bond donors (Lipinski definition) is 1. The normalized spacial score (nSPS) is 12.2. The Labute approximate surface area is 196 Å². The number of nitrogens with one attached hydrogen (secondary N) is 1. The minimum absolute atomic E-state index is 0.255. The van der Waals surface area contributed by atoms with E-state index < -0.39 is 11.7 Å². The van der Waals surface area contributed by atoms with E-state index in [0.717, 1.165) is 35.4 Å². The number of benzene rings is 1. The quantitative estimate of drug-likeness (QED) is 0.398. The highest BCUT2D eigenvalue weighted by Crippen LogP contribution is 2.30. The highest BCUT2D eigenvalue weighted by molar-refractivity contribution is 5.65. The van der Waals surface area contributed by atoms with Gasteiger partial charge in [0, 0.05) is 37.1 Å². The Morgan fingerprint density at radius 1 is 1.18 bits per heavy atom. The van der Waals surface area contributed by atoms with Crippen LogP contribution in [0.25, 0.3) is 17.5 Å². The molecule has 0 amide bonds. The number of alkyl halides is 3. The second kappa shape index (κ2) is 10.2. The molecule has 0 aliphatic heterocycles. The SMILES string of the molecule is C=Cn1c(NCc2c(F)ccc(C)c2C)c(CCC)cc(-c2ccc(C(F)(F)F)cn2)/c1=N/C. The molecule has 0 saturated heterocycles. The maximum Gasteiger partial charge on any atom is 0.417 e. The summed E-state index contributed by atoms with van der Waals surface area (Å²) in [7, 11) is 1.59. The molecule has 0 unspecified atom stereocenters. The second-order valence-electron chi connectivity index (χ2n) is 8.03. The smallest absolute Gasteiger partial charge is 0.367 e. The molecule has 3 aromatic rings. The number of anilines is 1. The summed E-state index contributed by atoms with van der Waals surface area (Å²) in [6.45, 7) is 10.0. The van der Waals surface area contributed by atoms with Gasteiger partial charge in [-0.2, -0.15) is 13.2 Å². The van der Waals surface area contributed by atoms with Crippen LogP contribution in [0.1, 0.15) is 41.2 Å². The molecule has 0 aliphatic carbocycles. The Balaban J connectivity index is 2.13. The number of hydrogen-bond acceptors (Lipinski definition) is 3. The summed E-state index contributed by atoms with van der Waals surface area (Å²) in [5.74, 6) is 0.414. The van der Waals surface area contributed by atoms with E-state index in [1.54, 1.807) is 23.9 Å². The molecular weight excluding hydrogens is 444 g/mol. The molecule has 8 heteroatoms. The number of aryl methyl sites for hydroxylation is 2. The van der Waals surface area contributed by atoms with Crippen molar-refractivity contribution < 1.29 is 17.6 Å². The first-order chi connectivity index (χ1) is 16.1. The van der Waals surface area contributed by atoms with Gasteiger partial charge in [-0.1, -0.05) is 26.0 Å². The third kappa shape index (κ3) is 5.05. The van der Waals surface area contributed by atoms with E-state index >= 15 is 0 Å². The van der Waals surface area contributed by atoms with Crippen LogP contribution in [0.4, 0.5) is 23.4 Å². The van der Waals surface area contributed by atoms with Crippen molar-refractivity contribution in [2.75, 3.05) is 12.4 Å². The van der Waals surface area contributed by atoms with Gasteiger partial charge in [0.05, 0.1) is 11.3 Å². The summed E-state index contributed by atoms with van der Waals surface area (Å²) in [5, 5.41) is 3.35. The highest BCUT2D eigenvalue weighted by atomic mass is 19.4. The summed E-state index contributed by atoms with van der Waals surface area (Å²) >= 11 is 0. The van der Waals surface area contributed by atoms with Gasteiger partial charge in [-0.3, -0.25) is 14.5 Å². The molecule has 34 heavy (non-hydrogen) atoms. The zero-order valence-electron chi connectivity index (χ0n) is 19.7. The molecule has 0 aliphatic rings. The molecule has 1 N–H and O–H groups in total. The number of halogens is 4. The zero-order valence-corrected chi connectivity index (χ0v) is 19.7. The Bertz CT molecular complexity index is 1260. The molecule has 0 saturated carbocycles. The van der Waals surface area contributed by atoms with Crippen LogP contribution < -0.4 is 10.8 Å². The van der Waals surface area contributed by atoms with Crippen LogP contribution in [0, 0.1) is 19.7 Å². The van der Waals surface area contributed by atoms with Crippen molar-refractivity contribution in [3.8, 4) is 11.3 Å². The number of pyridine rings is 2. The number of rotatable bonds is 7. The Morgan fingerprint density at radius 3 is 2.47 bits per heavy atom. The van der Waals surface area contributed by atoms with Crippen molar-refractivity contribution in [2.24, 2.45) is 4.99 Å². The van der Waals surface area contributed by atoms with Crippen LogP contribution >= 0.6 is 0 Å². The van der Waals surface area contributed by atoms with Crippen molar-refractivity contribution in [1.82, 2.24) is 9.55 Å². The Kier molecular flexibility index (Phi) is 7.59. The average Bonchev–Trinajstić information content (AvgIpc) is 2.81. The summed E-state index contributed by atoms with van der Waals surface area (Å²) in [5.41, 5.74) is 3.96. The van der Waals surface area contributed by atoms with Gasteiger partial charge in [0.15, 0.2) is 0 Å².